The summed E-state index contributed by atoms with van der Waals surface area (Å²) < 4.78 is 1.63. The first kappa shape index (κ1) is 19.5. The highest BCUT2D eigenvalue weighted by Crippen LogP contribution is 2.14. The summed E-state index contributed by atoms with van der Waals surface area (Å²) in [6.45, 7) is 2.55. The van der Waals surface area contributed by atoms with Crippen molar-refractivity contribution >= 4 is 29.9 Å². The maximum absolute atomic E-state index is 12.2. The third-order valence-electron chi connectivity index (χ3n) is 3.44. The van der Waals surface area contributed by atoms with Gasteiger partial charge >= 0.3 is 0 Å². The van der Waals surface area contributed by atoms with Crippen LogP contribution >= 0.6 is 24.0 Å². The van der Waals surface area contributed by atoms with Gasteiger partial charge < -0.3 is 11.1 Å². The van der Waals surface area contributed by atoms with Gasteiger partial charge in [-0.1, -0.05) is 37.4 Å². The molecule has 3 N–H and O–H groups in total. The lowest BCUT2D eigenvalue weighted by Gasteiger charge is -2.15. The first-order chi connectivity index (χ1) is 10.6. The summed E-state index contributed by atoms with van der Waals surface area (Å²) in [6, 6.07) is 7.31. The van der Waals surface area contributed by atoms with Crippen molar-refractivity contribution in [1.82, 2.24) is 15.1 Å². The molecule has 0 saturated heterocycles. The Morgan fingerprint density at radius 2 is 2.26 bits per heavy atom. The quantitative estimate of drug-likeness (QED) is 0.799. The average Bonchev–Trinajstić information content (AvgIpc) is 3.01. The Morgan fingerprint density at radius 1 is 1.48 bits per heavy atom. The van der Waals surface area contributed by atoms with E-state index in [1.807, 2.05) is 12.1 Å². The first-order valence-electron chi connectivity index (χ1n) is 7.45. The molecule has 0 aliphatic rings. The van der Waals surface area contributed by atoms with Gasteiger partial charge in [-0.15, -0.1) is 12.4 Å². The molecule has 1 aromatic carbocycles. The molecule has 126 valence electrons. The summed E-state index contributed by atoms with van der Waals surface area (Å²) in [5.74, 6) is -0.153. The fourth-order valence-corrected chi connectivity index (χ4v) is 2.35. The van der Waals surface area contributed by atoms with Crippen molar-refractivity contribution in [2.24, 2.45) is 5.73 Å². The summed E-state index contributed by atoms with van der Waals surface area (Å²) in [6.07, 6.45) is 6.25. The largest absolute Gasteiger partial charge is 0.348 e. The van der Waals surface area contributed by atoms with Gasteiger partial charge in [0.15, 0.2) is 0 Å². The molecule has 0 aliphatic carbocycles. The van der Waals surface area contributed by atoms with Crippen molar-refractivity contribution in [1.29, 1.82) is 0 Å². The van der Waals surface area contributed by atoms with Crippen LogP contribution in [0.3, 0.4) is 0 Å². The van der Waals surface area contributed by atoms with Gasteiger partial charge in [0.05, 0.1) is 17.4 Å². The number of hydrogen-bond donors (Lipinski definition) is 2. The summed E-state index contributed by atoms with van der Waals surface area (Å²) in [5, 5.41) is 7.79. The molecule has 1 unspecified atom stereocenters. The highest BCUT2D eigenvalue weighted by Gasteiger charge is 2.14. The molecule has 0 fully saturated rings. The van der Waals surface area contributed by atoms with E-state index in [0.29, 0.717) is 17.1 Å². The standard InChI is InChI=1S/C16H21ClN4O.ClH/c1-2-3-6-14(9-18)20-16(22)12-10-19-21(11-12)15-7-4-5-13(17)8-15;/h4-5,7-8,10-11,14H,2-3,6,9,18H2,1H3,(H,20,22);1H. The third-order valence-corrected chi connectivity index (χ3v) is 3.68. The van der Waals surface area contributed by atoms with Crippen LogP contribution in [0, 0.1) is 0 Å². The van der Waals surface area contributed by atoms with Crippen molar-refractivity contribution < 1.29 is 4.79 Å². The highest BCUT2D eigenvalue weighted by molar-refractivity contribution is 6.30. The molecular formula is C16H22Cl2N4O. The van der Waals surface area contributed by atoms with Gasteiger partial charge in [-0.05, 0) is 24.6 Å². The number of benzene rings is 1. The lowest BCUT2D eigenvalue weighted by molar-refractivity contribution is 0.0936. The van der Waals surface area contributed by atoms with Crippen LogP contribution in [0.25, 0.3) is 5.69 Å². The molecule has 0 radical (unpaired) electrons. The average molecular weight is 357 g/mol. The summed E-state index contributed by atoms with van der Waals surface area (Å²) in [7, 11) is 0. The monoisotopic (exact) mass is 356 g/mol. The number of amides is 1. The van der Waals surface area contributed by atoms with E-state index in [0.717, 1.165) is 24.9 Å². The van der Waals surface area contributed by atoms with Crippen molar-refractivity contribution in [3.63, 3.8) is 0 Å². The lowest BCUT2D eigenvalue weighted by atomic mass is 10.1. The molecule has 0 bridgehead atoms. The molecular weight excluding hydrogens is 335 g/mol. The number of carbonyl (C=O) groups is 1. The van der Waals surface area contributed by atoms with Gasteiger partial charge in [0, 0.05) is 23.8 Å². The maximum atomic E-state index is 12.2. The predicted octanol–water partition coefficient (Wildman–Crippen LogP) is 3.19. The number of nitrogens with two attached hydrogens (primary N) is 1. The molecule has 0 aliphatic heterocycles. The van der Waals surface area contributed by atoms with E-state index in [-0.39, 0.29) is 24.4 Å². The normalized spacial score (nSPS) is 11.6. The number of unbranched alkanes of at least 4 members (excludes halogenated alkanes) is 1. The molecule has 2 rings (SSSR count). The maximum Gasteiger partial charge on any atom is 0.254 e. The zero-order chi connectivity index (χ0) is 15.9. The van der Waals surface area contributed by atoms with Gasteiger partial charge in [-0.3, -0.25) is 4.79 Å². The van der Waals surface area contributed by atoms with E-state index in [2.05, 4.69) is 17.3 Å². The molecule has 23 heavy (non-hydrogen) atoms. The number of aromatic nitrogens is 2. The predicted molar refractivity (Wildman–Crippen MR) is 95.7 cm³/mol. The molecule has 7 heteroatoms. The Labute approximate surface area is 147 Å². The Bertz CT molecular complexity index is 630. The minimum Gasteiger partial charge on any atom is -0.348 e. The van der Waals surface area contributed by atoms with Crippen LogP contribution < -0.4 is 11.1 Å². The molecule has 2 aromatic rings. The van der Waals surface area contributed by atoms with Gasteiger partial charge in [0.1, 0.15) is 0 Å². The van der Waals surface area contributed by atoms with E-state index in [1.54, 1.807) is 29.2 Å². The zero-order valence-corrected chi connectivity index (χ0v) is 14.6. The Kier molecular flexibility index (Phi) is 8.09. The topological polar surface area (TPSA) is 72.9 Å². The van der Waals surface area contributed by atoms with Gasteiger partial charge in [0.25, 0.3) is 5.91 Å². The molecule has 0 spiro atoms. The van der Waals surface area contributed by atoms with Crippen LogP contribution in [-0.2, 0) is 0 Å². The van der Waals surface area contributed by atoms with Crippen molar-refractivity contribution in [3.05, 3.63) is 47.2 Å². The number of rotatable bonds is 7. The molecule has 0 saturated carbocycles. The van der Waals surface area contributed by atoms with E-state index in [9.17, 15) is 4.79 Å². The number of nitrogens with one attached hydrogen (secondary N) is 1. The highest BCUT2D eigenvalue weighted by atomic mass is 35.5. The second-order valence-electron chi connectivity index (χ2n) is 5.20. The second-order valence-corrected chi connectivity index (χ2v) is 5.64. The summed E-state index contributed by atoms with van der Waals surface area (Å²) >= 11 is 5.97. The molecule has 1 amide bonds. The zero-order valence-electron chi connectivity index (χ0n) is 13.0. The van der Waals surface area contributed by atoms with Crippen LogP contribution in [0.1, 0.15) is 36.5 Å². The molecule has 5 nitrogen and oxygen atoms in total. The lowest BCUT2D eigenvalue weighted by Crippen LogP contribution is -2.40. The Morgan fingerprint density at radius 3 is 2.91 bits per heavy atom. The molecule has 1 heterocycles. The van der Waals surface area contributed by atoms with Crippen molar-refractivity contribution in [3.8, 4) is 5.69 Å². The number of halogens is 2. The van der Waals surface area contributed by atoms with Gasteiger partial charge in [-0.2, -0.15) is 5.10 Å². The second kappa shape index (κ2) is 9.55. The smallest absolute Gasteiger partial charge is 0.254 e. The number of hydrogen-bond acceptors (Lipinski definition) is 3. The van der Waals surface area contributed by atoms with Crippen LogP contribution in [0.4, 0.5) is 0 Å². The number of carbonyl (C=O) groups excluding carboxylic acids is 1. The molecule has 1 aromatic heterocycles. The van der Waals surface area contributed by atoms with Crippen LogP contribution in [0.5, 0.6) is 0 Å². The number of nitrogens with zero attached hydrogens (tertiary/aromatic N) is 2. The Balaban J connectivity index is 0.00000264. The SMILES string of the molecule is CCCCC(CN)NC(=O)c1cnn(-c2cccc(Cl)c2)c1.Cl. The summed E-state index contributed by atoms with van der Waals surface area (Å²) in [4.78, 5) is 12.2. The Hall–Kier alpha value is -1.56. The fourth-order valence-electron chi connectivity index (χ4n) is 2.17. The van der Waals surface area contributed by atoms with Crippen molar-refractivity contribution in [2.45, 2.75) is 32.2 Å². The van der Waals surface area contributed by atoms with Gasteiger partial charge in [-0.25, -0.2) is 4.68 Å². The van der Waals surface area contributed by atoms with E-state index < -0.39 is 0 Å². The minimum absolute atomic E-state index is 0. The van der Waals surface area contributed by atoms with Crippen LogP contribution in [0.2, 0.25) is 5.02 Å². The van der Waals surface area contributed by atoms with E-state index in [1.165, 1.54) is 0 Å². The summed E-state index contributed by atoms with van der Waals surface area (Å²) in [5.41, 5.74) is 7.02. The van der Waals surface area contributed by atoms with E-state index in [4.69, 9.17) is 17.3 Å². The minimum atomic E-state index is -0.153. The van der Waals surface area contributed by atoms with Crippen LogP contribution in [0.15, 0.2) is 36.7 Å². The molecule has 1 atom stereocenters. The van der Waals surface area contributed by atoms with Crippen molar-refractivity contribution in [2.75, 3.05) is 6.54 Å². The third kappa shape index (κ3) is 5.53. The fraction of sp³-hybridized carbons (Fsp3) is 0.375. The van der Waals surface area contributed by atoms with Gasteiger partial charge in [0.2, 0.25) is 0 Å². The van der Waals surface area contributed by atoms with Crippen LogP contribution in [-0.4, -0.2) is 28.3 Å². The van der Waals surface area contributed by atoms with E-state index >= 15 is 0 Å². The first-order valence-corrected chi connectivity index (χ1v) is 7.83.